The number of rotatable bonds is 8. The first-order valence-electron chi connectivity index (χ1n) is 10.2. The second-order valence-corrected chi connectivity index (χ2v) is 10.1. The Kier molecular flexibility index (Phi) is 7.64. The largest absolute Gasteiger partial charge is 0.497 e. The van der Waals surface area contributed by atoms with Crippen LogP contribution in [0.4, 0.5) is 5.13 Å². The molecule has 1 aliphatic heterocycles. The highest BCUT2D eigenvalue weighted by Gasteiger charge is 2.20. The Morgan fingerprint density at radius 3 is 2.59 bits per heavy atom. The molecule has 0 aliphatic carbocycles. The number of nitrogens with one attached hydrogen (secondary N) is 1. The number of thiophene rings is 1. The van der Waals surface area contributed by atoms with Crippen LogP contribution in [0.2, 0.25) is 4.34 Å². The van der Waals surface area contributed by atoms with Crippen LogP contribution >= 0.6 is 34.3 Å². The zero-order valence-electron chi connectivity index (χ0n) is 18.0. The molecule has 2 aromatic heterocycles. The van der Waals surface area contributed by atoms with Crippen LogP contribution in [0.15, 0.2) is 35.7 Å². The molecule has 3 aromatic rings. The van der Waals surface area contributed by atoms with Crippen molar-refractivity contribution in [3.05, 3.63) is 44.9 Å². The quantitative estimate of drug-likeness (QED) is 0.505. The molecule has 1 amide bonds. The van der Waals surface area contributed by atoms with E-state index in [0.29, 0.717) is 23.2 Å². The number of halogens is 1. The monoisotopic (exact) mass is 492 g/mol. The minimum Gasteiger partial charge on any atom is -0.497 e. The lowest BCUT2D eigenvalue weighted by molar-refractivity contribution is -0.117. The van der Waals surface area contributed by atoms with Crippen LogP contribution in [0.1, 0.15) is 4.88 Å². The van der Waals surface area contributed by atoms with Gasteiger partial charge in [-0.1, -0.05) is 11.6 Å². The summed E-state index contributed by atoms with van der Waals surface area (Å²) in [5, 5.41) is 5.42. The Morgan fingerprint density at radius 2 is 1.91 bits per heavy atom. The molecule has 1 aliphatic rings. The second kappa shape index (κ2) is 10.6. The first-order valence-corrected chi connectivity index (χ1v) is 12.3. The fourth-order valence-electron chi connectivity index (χ4n) is 3.59. The number of aromatic nitrogens is 1. The number of hydrogen-bond acceptors (Lipinski definition) is 8. The Bertz CT molecular complexity index is 1060. The summed E-state index contributed by atoms with van der Waals surface area (Å²) in [5.74, 6) is 1.34. The molecule has 0 atom stereocenters. The fraction of sp³-hybridized carbons (Fsp3) is 0.364. The molecule has 32 heavy (non-hydrogen) atoms. The topological polar surface area (TPSA) is 66.9 Å². The molecule has 4 rings (SSSR count). The highest BCUT2D eigenvalue weighted by atomic mass is 35.5. The number of benzene rings is 1. The van der Waals surface area contributed by atoms with Crippen molar-refractivity contribution >= 4 is 45.3 Å². The minimum absolute atomic E-state index is 0.0499. The number of hydrogen-bond donors (Lipinski definition) is 1. The Balaban J connectivity index is 1.28. The van der Waals surface area contributed by atoms with Crippen molar-refractivity contribution in [3.8, 4) is 22.8 Å². The van der Waals surface area contributed by atoms with Gasteiger partial charge in [0, 0.05) is 54.6 Å². The van der Waals surface area contributed by atoms with Gasteiger partial charge in [-0.2, -0.15) is 0 Å². The first kappa shape index (κ1) is 23.0. The normalized spacial score (nSPS) is 15.0. The van der Waals surface area contributed by atoms with Gasteiger partial charge in [0.15, 0.2) is 5.13 Å². The lowest BCUT2D eigenvalue weighted by Crippen LogP contribution is -2.48. The Morgan fingerprint density at radius 1 is 1.12 bits per heavy atom. The maximum absolute atomic E-state index is 12.6. The summed E-state index contributed by atoms with van der Waals surface area (Å²) in [7, 11) is 3.23. The zero-order valence-corrected chi connectivity index (χ0v) is 20.4. The van der Waals surface area contributed by atoms with Gasteiger partial charge >= 0.3 is 0 Å². The predicted octanol–water partition coefficient (Wildman–Crippen LogP) is 4.30. The number of nitrogens with zero attached hydrogens (tertiary/aromatic N) is 3. The third-order valence-corrected chi connectivity index (χ3v) is 7.25. The first-order chi connectivity index (χ1) is 15.5. The molecule has 170 valence electrons. The molecule has 1 fully saturated rings. The summed E-state index contributed by atoms with van der Waals surface area (Å²) in [4.78, 5) is 23.0. The van der Waals surface area contributed by atoms with Crippen LogP contribution in [-0.4, -0.2) is 67.6 Å². The third kappa shape index (κ3) is 5.79. The molecule has 0 radical (unpaired) electrons. The second-order valence-electron chi connectivity index (χ2n) is 7.41. The lowest BCUT2D eigenvalue weighted by atomic mass is 10.1. The van der Waals surface area contributed by atoms with E-state index in [0.717, 1.165) is 48.3 Å². The molecule has 1 saturated heterocycles. The highest BCUT2D eigenvalue weighted by molar-refractivity contribution is 7.16. The van der Waals surface area contributed by atoms with Crippen molar-refractivity contribution < 1.29 is 14.3 Å². The smallest absolute Gasteiger partial charge is 0.240 e. The number of thiazole rings is 1. The maximum Gasteiger partial charge on any atom is 0.240 e. The van der Waals surface area contributed by atoms with E-state index >= 15 is 0 Å². The average Bonchev–Trinajstić information content (AvgIpc) is 3.43. The number of ether oxygens (including phenoxy) is 2. The van der Waals surface area contributed by atoms with Gasteiger partial charge in [0.2, 0.25) is 5.91 Å². The van der Waals surface area contributed by atoms with E-state index in [1.807, 2.05) is 29.6 Å². The number of carbonyl (C=O) groups excluding carboxylic acids is 1. The highest BCUT2D eigenvalue weighted by Crippen LogP contribution is 2.34. The van der Waals surface area contributed by atoms with Gasteiger partial charge in [-0.25, -0.2) is 4.98 Å². The number of piperazine rings is 1. The lowest BCUT2D eigenvalue weighted by Gasteiger charge is -2.33. The van der Waals surface area contributed by atoms with Gasteiger partial charge in [0.1, 0.15) is 11.5 Å². The molecule has 10 heteroatoms. The van der Waals surface area contributed by atoms with Gasteiger partial charge in [0.25, 0.3) is 0 Å². The van der Waals surface area contributed by atoms with Crippen molar-refractivity contribution in [2.75, 3.05) is 52.3 Å². The van der Waals surface area contributed by atoms with Crippen LogP contribution in [0, 0.1) is 0 Å². The van der Waals surface area contributed by atoms with Crippen LogP contribution in [0.5, 0.6) is 11.5 Å². The summed E-state index contributed by atoms with van der Waals surface area (Å²) in [6.45, 7) is 4.86. The van der Waals surface area contributed by atoms with E-state index in [1.165, 1.54) is 16.2 Å². The molecule has 0 spiro atoms. The molecule has 0 bridgehead atoms. The molecule has 3 heterocycles. The third-order valence-electron chi connectivity index (χ3n) is 5.28. The Labute approximate surface area is 200 Å². The van der Waals surface area contributed by atoms with Crippen LogP contribution < -0.4 is 14.8 Å². The van der Waals surface area contributed by atoms with Gasteiger partial charge in [-0.15, -0.1) is 22.7 Å². The molecule has 0 saturated carbocycles. The van der Waals surface area contributed by atoms with Gasteiger partial charge < -0.3 is 14.8 Å². The molecule has 1 aromatic carbocycles. The van der Waals surface area contributed by atoms with Crippen molar-refractivity contribution in [1.82, 2.24) is 14.8 Å². The van der Waals surface area contributed by atoms with E-state index in [-0.39, 0.29) is 5.91 Å². The molecular formula is C22H25ClN4O3S2. The van der Waals surface area contributed by atoms with E-state index in [1.54, 1.807) is 25.6 Å². The van der Waals surface area contributed by atoms with Crippen LogP contribution in [0.25, 0.3) is 11.3 Å². The van der Waals surface area contributed by atoms with E-state index < -0.39 is 0 Å². The summed E-state index contributed by atoms with van der Waals surface area (Å²) in [6.07, 6.45) is 0. The zero-order chi connectivity index (χ0) is 22.5. The van der Waals surface area contributed by atoms with Gasteiger partial charge in [-0.05, 0) is 24.3 Å². The van der Waals surface area contributed by atoms with Crippen molar-refractivity contribution in [2.24, 2.45) is 0 Å². The minimum atomic E-state index is -0.0499. The van der Waals surface area contributed by atoms with Gasteiger partial charge in [-0.3, -0.25) is 14.6 Å². The molecule has 7 nitrogen and oxygen atoms in total. The SMILES string of the molecule is COc1ccc(-c2csc(NC(=O)CN3CCN(Cc4ccc(Cl)s4)CC3)n2)c(OC)c1. The number of anilines is 1. The number of carbonyl (C=O) groups is 1. The van der Waals surface area contributed by atoms with E-state index in [4.69, 9.17) is 21.1 Å². The van der Waals surface area contributed by atoms with E-state index in [2.05, 4.69) is 26.2 Å². The van der Waals surface area contributed by atoms with Crippen LogP contribution in [-0.2, 0) is 11.3 Å². The molecule has 0 unspecified atom stereocenters. The summed E-state index contributed by atoms with van der Waals surface area (Å²) >= 11 is 9.05. The van der Waals surface area contributed by atoms with Crippen molar-refractivity contribution in [3.63, 3.8) is 0 Å². The predicted molar refractivity (Wildman–Crippen MR) is 130 cm³/mol. The average molecular weight is 493 g/mol. The summed E-state index contributed by atoms with van der Waals surface area (Å²) in [6, 6.07) is 9.61. The van der Waals surface area contributed by atoms with Crippen molar-refractivity contribution in [1.29, 1.82) is 0 Å². The maximum atomic E-state index is 12.6. The van der Waals surface area contributed by atoms with Crippen LogP contribution in [0.3, 0.4) is 0 Å². The molecular weight excluding hydrogens is 468 g/mol. The molecule has 1 N–H and O–H groups in total. The summed E-state index contributed by atoms with van der Waals surface area (Å²) < 4.78 is 11.5. The van der Waals surface area contributed by atoms with E-state index in [9.17, 15) is 4.79 Å². The standard InChI is InChI=1S/C22H25ClN4O3S2/c1-29-15-3-5-17(19(11-15)30-2)18-14-31-22(24-18)25-21(28)13-27-9-7-26(8-10-27)12-16-4-6-20(23)32-16/h3-6,11,14H,7-10,12-13H2,1-2H3,(H,24,25,28). The van der Waals surface area contributed by atoms with Crippen molar-refractivity contribution in [2.45, 2.75) is 6.54 Å². The Hall–Kier alpha value is -2.17. The fourth-order valence-corrected chi connectivity index (χ4v) is 5.45. The summed E-state index contributed by atoms with van der Waals surface area (Å²) in [5.41, 5.74) is 1.61. The number of amides is 1. The van der Waals surface area contributed by atoms with Gasteiger partial charge in [0.05, 0.1) is 30.8 Å². The number of methoxy groups -OCH3 is 2.